The van der Waals surface area contributed by atoms with Crippen molar-refractivity contribution in [2.75, 3.05) is 0 Å². The summed E-state index contributed by atoms with van der Waals surface area (Å²) in [6.45, 7) is 6.41. The fraction of sp³-hybridized carbons (Fsp3) is 0.833. The van der Waals surface area contributed by atoms with E-state index in [1.165, 1.54) is 6.42 Å². The molecule has 2 unspecified atom stereocenters. The topological polar surface area (TPSA) is 55.1 Å². The molecule has 92 valence electrons. The van der Waals surface area contributed by atoms with E-state index in [0.717, 1.165) is 12.8 Å². The average molecular weight is 242 g/mol. The first-order valence-corrected chi connectivity index (χ1v) is 6.36. The van der Waals surface area contributed by atoms with Gasteiger partial charge in [0.1, 0.15) is 0 Å². The van der Waals surface area contributed by atoms with Gasteiger partial charge in [-0.3, -0.25) is 4.79 Å². The van der Waals surface area contributed by atoms with Crippen LogP contribution in [0, 0.1) is 11.3 Å². The van der Waals surface area contributed by atoms with Gasteiger partial charge in [-0.15, -0.1) is 0 Å². The molecule has 0 aliphatic heterocycles. The highest BCUT2D eigenvalue weighted by Crippen LogP contribution is 2.36. The van der Waals surface area contributed by atoms with Crippen molar-refractivity contribution >= 4 is 23.1 Å². The smallest absolute Gasteiger partial charge is 0.230 e. The maximum absolute atomic E-state index is 11.9. The third kappa shape index (κ3) is 3.44. The van der Waals surface area contributed by atoms with E-state index in [1.807, 2.05) is 6.92 Å². The summed E-state index contributed by atoms with van der Waals surface area (Å²) in [4.78, 5) is 12.2. The minimum Gasteiger partial charge on any atom is -0.393 e. The molecule has 0 aromatic carbocycles. The molecular weight excluding hydrogens is 220 g/mol. The van der Waals surface area contributed by atoms with E-state index in [-0.39, 0.29) is 11.8 Å². The number of thiocarbonyl (C=S) groups is 1. The van der Waals surface area contributed by atoms with Gasteiger partial charge in [0.25, 0.3) is 0 Å². The molecule has 0 radical (unpaired) electrons. The number of hydrogen-bond acceptors (Lipinski definition) is 2. The van der Waals surface area contributed by atoms with Crippen molar-refractivity contribution in [3.05, 3.63) is 0 Å². The largest absolute Gasteiger partial charge is 0.393 e. The molecule has 4 heteroatoms. The van der Waals surface area contributed by atoms with Crippen molar-refractivity contribution in [2.24, 2.45) is 17.1 Å². The number of nitrogens with one attached hydrogen (secondary N) is 1. The van der Waals surface area contributed by atoms with Crippen LogP contribution in [0.5, 0.6) is 0 Å². The SMILES string of the molecule is CCC(C(=O)NC1CCC(C)(C)C1)C(N)=S. The van der Waals surface area contributed by atoms with Crippen molar-refractivity contribution in [3.63, 3.8) is 0 Å². The van der Waals surface area contributed by atoms with Crippen LogP contribution < -0.4 is 11.1 Å². The molecule has 1 amide bonds. The zero-order valence-electron chi connectivity index (χ0n) is 10.4. The van der Waals surface area contributed by atoms with Gasteiger partial charge < -0.3 is 11.1 Å². The monoisotopic (exact) mass is 242 g/mol. The molecule has 0 saturated heterocycles. The number of hydrogen-bond donors (Lipinski definition) is 2. The second-order valence-corrected chi connectivity index (χ2v) is 5.95. The lowest BCUT2D eigenvalue weighted by atomic mass is 9.92. The Morgan fingerprint density at radius 2 is 2.25 bits per heavy atom. The van der Waals surface area contributed by atoms with Gasteiger partial charge in [0.05, 0.1) is 10.9 Å². The Kier molecular flexibility index (Phi) is 4.30. The molecule has 2 atom stereocenters. The number of carbonyl (C=O) groups is 1. The molecule has 1 rings (SSSR count). The Hall–Kier alpha value is -0.640. The molecule has 1 fully saturated rings. The van der Waals surface area contributed by atoms with Gasteiger partial charge in [-0.25, -0.2) is 0 Å². The first-order valence-electron chi connectivity index (χ1n) is 5.95. The molecule has 1 aliphatic carbocycles. The molecule has 0 bridgehead atoms. The van der Waals surface area contributed by atoms with E-state index in [1.54, 1.807) is 0 Å². The minimum atomic E-state index is -0.307. The predicted molar refractivity (Wildman–Crippen MR) is 70.1 cm³/mol. The third-order valence-corrected chi connectivity index (χ3v) is 3.67. The number of rotatable bonds is 4. The van der Waals surface area contributed by atoms with Crippen molar-refractivity contribution in [2.45, 2.75) is 52.5 Å². The van der Waals surface area contributed by atoms with Gasteiger partial charge in [-0.2, -0.15) is 0 Å². The number of amides is 1. The summed E-state index contributed by atoms with van der Waals surface area (Å²) in [6.07, 6.45) is 3.96. The summed E-state index contributed by atoms with van der Waals surface area (Å²) in [5, 5.41) is 3.06. The van der Waals surface area contributed by atoms with E-state index in [4.69, 9.17) is 18.0 Å². The Balaban J connectivity index is 2.49. The zero-order chi connectivity index (χ0) is 12.3. The first-order chi connectivity index (χ1) is 7.35. The van der Waals surface area contributed by atoms with Crippen LogP contribution in [0.3, 0.4) is 0 Å². The summed E-state index contributed by atoms with van der Waals surface area (Å²) in [5.74, 6) is -0.309. The van der Waals surface area contributed by atoms with E-state index >= 15 is 0 Å². The van der Waals surface area contributed by atoms with Crippen LogP contribution in [-0.4, -0.2) is 16.9 Å². The van der Waals surface area contributed by atoms with Crippen molar-refractivity contribution in [1.82, 2.24) is 5.32 Å². The molecule has 16 heavy (non-hydrogen) atoms. The molecule has 0 aromatic heterocycles. The third-order valence-electron chi connectivity index (χ3n) is 3.38. The van der Waals surface area contributed by atoms with Crippen molar-refractivity contribution in [3.8, 4) is 0 Å². The molecule has 1 saturated carbocycles. The summed E-state index contributed by atoms with van der Waals surface area (Å²) in [5.41, 5.74) is 5.90. The molecule has 1 aliphatic rings. The highest BCUT2D eigenvalue weighted by molar-refractivity contribution is 7.80. The lowest BCUT2D eigenvalue weighted by molar-refractivity contribution is -0.123. The van der Waals surface area contributed by atoms with Gasteiger partial charge in [0.15, 0.2) is 0 Å². The van der Waals surface area contributed by atoms with Crippen molar-refractivity contribution < 1.29 is 4.79 Å². The summed E-state index contributed by atoms with van der Waals surface area (Å²) < 4.78 is 0. The molecule has 0 aromatic rings. The maximum Gasteiger partial charge on any atom is 0.230 e. The normalized spacial score (nSPS) is 25.1. The van der Waals surface area contributed by atoms with Crippen LogP contribution in [0.2, 0.25) is 0 Å². The quantitative estimate of drug-likeness (QED) is 0.741. The molecule has 0 heterocycles. The van der Waals surface area contributed by atoms with Crippen LogP contribution >= 0.6 is 12.2 Å². The molecule has 0 spiro atoms. The van der Waals surface area contributed by atoms with E-state index < -0.39 is 0 Å². The van der Waals surface area contributed by atoms with Gasteiger partial charge in [-0.05, 0) is 31.1 Å². The van der Waals surface area contributed by atoms with Crippen LogP contribution in [-0.2, 0) is 4.79 Å². The zero-order valence-corrected chi connectivity index (χ0v) is 11.2. The van der Waals surface area contributed by atoms with E-state index in [0.29, 0.717) is 22.9 Å². The second kappa shape index (κ2) is 5.13. The lowest BCUT2D eigenvalue weighted by Crippen LogP contribution is -2.42. The van der Waals surface area contributed by atoms with Gasteiger partial charge in [0, 0.05) is 6.04 Å². The summed E-state index contributed by atoms with van der Waals surface area (Å²) in [7, 11) is 0. The highest BCUT2D eigenvalue weighted by Gasteiger charge is 2.33. The van der Waals surface area contributed by atoms with Crippen LogP contribution in [0.4, 0.5) is 0 Å². The molecular formula is C12H22N2OS. The fourth-order valence-electron chi connectivity index (χ4n) is 2.38. The minimum absolute atomic E-state index is 0.00213. The molecule has 3 N–H and O–H groups in total. The van der Waals surface area contributed by atoms with Crippen LogP contribution in [0.1, 0.15) is 46.5 Å². The maximum atomic E-state index is 11.9. The number of nitrogens with two attached hydrogens (primary N) is 1. The van der Waals surface area contributed by atoms with Crippen LogP contribution in [0.15, 0.2) is 0 Å². The number of carbonyl (C=O) groups excluding carboxylic acids is 1. The van der Waals surface area contributed by atoms with E-state index in [2.05, 4.69) is 19.2 Å². The Morgan fingerprint density at radius 3 is 2.62 bits per heavy atom. The van der Waals surface area contributed by atoms with Crippen LogP contribution in [0.25, 0.3) is 0 Å². The first kappa shape index (κ1) is 13.4. The Labute approximate surface area is 103 Å². The Morgan fingerprint density at radius 1 is 1.62 bits per heavy atom. The Bertz CT molecular complexity index is 289. The highest BCUT2D eigenvalue weighted by atomic mass is 32.1. The average Bonchev–Trinajstić information content (AvgIpc) is 2.45. The predicted octanol–water partition coefficient (Wildman–Crippen LogP) is 1.99. The second-order valence-electron chi connectivity index (χ2n) is 5.48. The standard InChI is InChI=1S/C12H22N2OS/c1-4-9(10(13)16)11(15)14-8-5-6-12(2,3)7-8/h8-9H,4-7H2,1-3H3,(H2,13,16)(H,14,15). The van der Waals surface area contributed by atoms with E-state index in [9.17, 15) is 4.79 Å². The summed E-state index contributed by atoms with van der Waals surface area (Å²) in [6, 6.07) is 0.297. The van der Waals surface area contributed by atoms with Gasteiger partial charge >= 0.3 is 0 Å². The van der Waals surface area contributed by atoms with Gasteiger partial charge in [-0.1, -0.05) is 33.0 Å². The molecule has 3 nitrogen and oxygen atoms in total. The summed E-state index contributed by atoms with van der Waals surface area (Å²) >= 11 is 4.90. The lowest BCUT2D eigenvalue weighted by Gasteiger charge is -2.20. The van der Waals surface area contributed by atoms with Gasteiger partial charge in [0.2, 0.25) is 5.91 Å². The fourth-order valence-corrected chi connectivity index (χ4v) is 2.65. The van der Waals surface area contributed by atoms with Crippen molar-refractivity contribution in [1.29, 1.82) is 0 Å².